The maximum Gasteiger partial charge on any atom is 0.335 e. The van der Waals surface area contributed by atoms with Crippen molar-refractivity contribution in [2.75, 3.05) is 6.61 Å². The third-order valence-electron chi connectivity index (χ3n) is 3.90. The van der Waals surface area contributed by atoms with Gasteiger partial charge in [-0.3, -0.25) is 4.79 Å². The van der Waals surface area contributed by atoms with Crippen LogP contribution in [0.4, 0.5) is 5.69 Å². The molecule has 0 spiro atoms. The zero-order valence-electron chi connectivity index (χ0n) is 15.3. The number of thioether (sulfide) groups is 1. The Labute approximate surface area is 167 Å². The molecule has 1 aliphatic rings. The highest BCUT2D eigenvalue weighted by Gasteiger charge is 2.23. The van der Waals surface area contributed by atoms with Crippen LogP contribution >= 0.6 is 11.8 Å². The van der Waals surface area contributed by atoms with Gasteiger partial charge in [-0.25, -0.2) is 9.79 Å². The van der Waals surface area contributed by atoms with Gasteiger partial charge in [0.25, 0.3) is 5.91 Å². The summed E-state index contributed by atoms with van der Waals surface area (Å²) in [6.07, 6.45) is 3.84. The SMILES string of the molecule is CCCCOc1cccc(C=C2SC(=Nc3cccc(C(=O)O)c3)NC2=O)c1. The Morgan fingerprint density at radius 2 is 2.07 bits per heavy atom. The lowest BCUT2D eigenvalue weighted by Gasteiger charge is -2.05. The average Bonchev–Trinajstić information content (AvgIpc) is 3.01. The monoisotopic (exact) mass is 396 g/mol. The normalized spacial score (nSPS) is 16.4. The Morgan fingerprint density at radius 3 is 2.86 bits per heavy atom. The van der Waals surface area contributed by atoms with Crippen LogP contribution in [-0.4, -0.2) is 28.8 Å². The van der Waals surface area contributed by atoms with Crippen molar-refractivity contribution in [3.8, 4) is 5.75 Å². The summed E-state index contributed by atoms with van der Waals surface area (Å²) in [4.78, 5) is 28.2. The van der Waals surface area contributed by atoms with Crippen LogP contribution in [-0.2, 0) is 4.79 Å². The number of ether oxygens (including phenoxy) is 1. The van der Waals surface area contributed by atoms with E-state index in [2.05, 4.69) is 17.2 Å². The number of carboxylic acids is 1. The lowest BCUT2D eigenvalue weighted by molar-refractivity contribution is -0.115. The molecule has 1 saturated heterocycles. The molecule has 2 aromatic rings. The van der Waals surface area contributed by atoms with Crippen LogP contribution in [0.2, 0.25) is 0 Å². The standard InChI is InChI=1S/C21H20N2O4S/c1-2-3-10-27-17-9-4-6-14(11-17)12-18-19(24)23-21(28-18)22-16-8-5-7-15(13-16)20(25)26/h4-9,11-13H,2-3,10H2,1H3,(H,25,26)(H,22,23,24). The number of hydrogen-bond acceptors (Lipinski definition) is 5. The zero-order valence-corrected chi connectivity index (χ0v) is 16.2. The number of nitrogens with zero attached hydrogens (tertiary/aromatic N) is 1. The minimum Gasteiger partial charge on any atom is -0.494 e. The van der Waals surface area contributed by atoms with Gasteiger partial charge in [-0.2, -0.15) is 0 Å². The molecule has 28 heavy (non-hydrogen) atoms. The second-order valence-electron chi connectivity index (χ2n) is 6.11. The number of aromatic carboxylic acids is 1. The summed E-state index contributed by atoms with van der Waals surface area (Å²) in [5.41, 5.74) is 1.47. The number of rotatable bonds is 7. The molecule has 2 aromatic carbocycles. The average molecular weight is 396 g/mol. The highest BCUT2D eigenvalue weighted by atomic mass is 32.2. The molecular formula is C21H20N2O4S. The molecule has 144 valence electrons. The van der Waals surface area contributed by atoms with Crippen LogP contribution < -0.4 is 10.1 Å². The van der Waals surface area contributed by atoms with Gasteiger partial charge < -0.3 is 15.2 Å². The summed E-state index contributed by atoms with van der Waals surface area (Å²) < 4.78 is 5.70. The van der Waals surface area contributed by atoms with Gasteiger partial charge in [0.1, 0.15) is 5.75 Å². The van der Waals surface area contributed by atoms with Crippen molar-refractivity contribution >= 4 is 40.6 Å². The van der Waals surface area contributed by atoms with Crippen LogP contribution in [0.3, 0.4) is 0 Å². The van der Waals surface area contributed by atoms with Gasteiger partial charge in [0.05, 0.1) is 22.8 Å². The Hall–Kier alpha value is -3.06. The molecule has 0 unspecified atom stereocenters. The topological polar surface area (TPSA) is 88.0 Å². The summed E-state index contributed by atoms with van der Waals surface area (Å²) in [5, 5.41) is 12.2. The van der Waals surface area contributed by atoms with Crippen LogP contribution in [0.5, 0.6) is 5.75 Å². The number of unbranched alkanes of at least 4 members (excludes halogenated alkanes) is 1. The number of carbonyl (C=O) groups excluding carboxylic acids is 1. The third-order valence-corrected chi connectivity index (χ3v) is 4.81. The summed E-state index contributed by atoms with van der Waals surface area (Å²) in [6, 6.07) is 13.8. The van der Waals surface area contributed by atoms with E-state index in [-0.39, 0.29) is 11.5 Å². The highest BCUT2D eigenvalue weighted by Crippen LogP contribution is 2.29. The van der Waals surface area contributed by atoms with Crippen LogP contribution in [0.1, 0.15) is 35.7 Å². The summed E-state index contributed by atoms with van der Waals surface area (Å²) in [7, 11) is 0. The molecular weight excluding hydrogens is 376 g/mol. The smallest absolute Gasteiger partial charge is 0.335 e. The highest BCUT2D eigenvalue weighted by molar-refractivity contribution is 8.18. The van der Waals surface area contributed by atoms with Crippen molar-refractivity contribution in [2.24, 2.45) is 4.99 Å². The summed E-state index contributed by atoms with van der Waals surface area (Å²) in [5.74, 6) is -0.493. The fourth-order valence-electron chi connectivity index (χ4n) is 2.49. The van der Waals surface area contributed by atoms with Gasteiger partial charge in [-0.1, -0.05) is 31.5 Å². The number of amidine groups is 1. The molecule has 6 nitrogen and oxygen atoms in total. The van der Waals surface area contributed by atoms with E-state index in [1.54, 1.807) is 18.2 Å². The maximum atomic E-state index is 12.2. The predicted molar refractivity (Wildman–Crippen MR) is 111 cm³/mol. The Morgan fingerprint density at radius 1 is 1.25 bits per heavy atom. The molecule has 0 bridgehead atoms. The van der Waals surface area contributed by atoms with Crippen molar-refractivity contribution < 1.29 is 19.4 Å². The van der Waals surface area contributed by atoms with Gasteiger partial charge in [0.2, 0.25) is 0 Å². The van der Waals surface area contributed by atoms with E-state index in [0.29, 0.717) is 22.4 Å². The van der Waals surface area contributed by atoms with Gasteiger partial charge in [0.15, 0.2) is 5.17 Å². The minimum absolute atomic E-state index is 0.145. The Balaban J connectivity index is 1.74. The number of carbonyl (C=O) groups is 2. The zero-order chi connectivity index (χ0) is 19.9. The quantitative estimate of drug-likeness (QED) is 0.533. The number of nitrogens with one attached hydrogen (secondary N) is 1. The maximum absolute atomic E-state index is 12.2. The second kappa shape index (κ2) is 9.23. The van der Waals surface area contributed by atoms with Crippen molar-refractivity contribution in [2.45, 2.75) is 19.8 Å². The van der Waals surface area contributed by atoms with Crippen LogP contribution in [0, 0.1) is 0 Å². The number of carboxylic acid groups (broad SMARTS) is 1. The summed E-state index contributed by atoms with van der Waals surface area (Å²) >= 11 is 1.21. The fourth-order valence-corrected chi connectivity index (χ4v) is 3.33. The summed E-state index contributed by atoms with van der Waals surface area (Å²) in [6.45, 7) is 2.77. The van der Waals surface area contributed by atoms with Crippen LogP contribution in [0.25, 0.3) is 6.08 Å². The van der Waals surface area contributed by atoms with E-state index in [0.717, 1.165) is 24.2 Å². The first-order valence-corrected chi connectivity index (χ1v) is 9.72. The van der Waals surface area contributed by atoms with E-state index in [4.69, 9.17) is 9.84 Å². The van der Waals surface area contributed by atoms with Gasteiger partial charge in [-0.15, -0.1) is 0 Å². The molecule has 1 fully saturated rings. The molecule has 0 atom stereocenters. The molecule has 0 saturated carbocycles. The molecule has 1 heterocycles. The first-order chi connectivity index (χ1) is 13.5. The third kappa shape index (κ3) is 5.23. The second-order valence-corrected chi connectivity index (χ2v) is 7.14. The molecule has 1 amide bonds. The predicted octanol–water partition coefficient (Wildman–Crippen LogP) is 4.46. The minimum atomic E-state index is -1.02. The number of aliphatic imine (C=N–C) groups is 1. The van der Waals surface area contributed by atoms with E-state index in [9.17, 15) is 9.59 Å². The molecule has 0 aromatic heterocycles. The first kappa shape index (κ1) is 19.7. The number of benzene rings is 2. The number of hydrogen-bond donors (Lipinski definition) is 2. The van der Waals surface area contributed by atoms with Gasteiger partial charge in [0, 0.05) is 0 Å². The molecule has 3 rings (SSSR count). The number of amides is 1. The molecule has 1 aliphatic heterocycles. The van der Waals surface area contributed by atoms with Crippen molar-refractivity contribution in [1.29, 1.82) is 0 Å². The van der Waals surface area contributed by atoms with Crippen molar-refractivity contribution in [3.05, 3.63) is 64.6 Å². The largest absolute Gasteiger partial charge is 0.494 e. The lowest BCUT2D eigenvalue weighted by atomic mass is 10.2. The fraction of sp³-hybridized carbons (Fsp3) is 0.190. The molecule has 0 aliphatic carbocycles. The molecule has 2 N–H and O–H groups in total. The van der Waals surface area contributed by atoms with Gasteiger partial charge >= 0.3 is 5.97 Å². The van der Waals surface area contributed by atoms with E-state index in [1.165, 1.54) is 23.9 Å². The lowest BCUT2D eigenvalue weighted by Crippen LogP contribution is -2.19. The van der Waals surface area contributed by atoms with E-state index < -0.39 is 5.97 Å². The van der Waals surface area contributed by atoms with Crippen LogP contribution in [0.15, 0.2) is 58.4 Å². The van der Waals surface area contributed by atoms with E-state index >= 15 is 0 Å². The molecule has 7 heteroatoms. The van der Waals surface area contributed by atoms with Gasteiger partial charge in [-0.05, 0) is 60.2 Å². The van der Waals surface area contributed by atoms with E-state index in [1.807, 2.05) is 24.3 Å². The van der Waals surface area contributed by atoms with Crippen molar-refractivity contribution in [1.82, 2.24) is 5.32 Å². The van der Waals surface area contributed by atoms with Crippen molar-refractivity contribution in [3.63, 3.8) is 0 Å². The first-order valence-electron chi connectivity index (χ1n) is 8.91. The molecule has 0 radical (unpaired) electrons. The Kier molecular flexibility index (Phi) is 6.49. The Bertz CT molecular complexity index is 953.